The Hall–Kier alpha value is -1.08. The smallest absolute Gasteiger partial charge is 0.311 e. The molecule has 0 unspecified atom stereocenters. The summed E-state index contributed by atoms with van der Waals surface area (Å²) in [5.41, 5.74) is 2.27. The summed E-state index contributed by atoms with van der Waals surface area (Å²) in [5, 5.41) is 1.05. The molecule has 1 N–H and O–H groups in total. The molecule has 0 aliphatic rings. The SMILES string of the molecule is CCCCCCCCC(=O)Oc1cccc2[nH]c(I)c(CCN(C)C)c12. The number of hydrogen-bond acceptors (Lipinski definition) is 3. The van der Waals surface area contributed by atoms with E-state index in [1.807, 2.05) is 18.2 Å². The van der Waals surface area contributed by atoms with Crippen molar-refractivity contribution in [2.45, 2.75) is 58.3 Å². The van der Waals surface area contributed by atoms with Gasteiger partial charge in [-0.05, 0) is 67.2 Å². The minimum atomic E-state index is -0.122. The van der Waals surface area contributed by atoms with E-state index in [2.05, 4.69) is 53.5 Å². The van der Waals surface area contributed by atoms with Crippen LogP contribution >= 0.6 is 22.6 Å². The number of H-pyrrole nitrogens is 1. The fourth-order valence-corrected chi connectivity index (χ4v) is 3.96. The van der Waals surface area contributed by atoms with E-state index in [1.165, 1.54) is 31.2 Å². The summed E-state index contributed by atoms with van der Waals surface area (Å²) < 4.78 is 6.86. The van der Waals surface area contributed by atoms with Crippen LogP contribution in [0.25, 0.3) is 10.9 Å². The first kappa shape index (κ1) is 21.2. The number of carbonyl (C=O) groups excluding carboxylic acids is 1. The summed E-state index contributed by atoms with van der Waals surface area (Å²) in [6, 6.07) is 5.89. The summed E-state index contributed by atoms with van der Waals surface area (Å²) in [7, 11) is 4.15. The molecule has 0 fully saturated rings. The molecule has 0 spiro atoms. The normalized spacial score (nSPS) is 11.4. The van der Waals surface area contributed by atoms with Crippen LogP contribution < -0.4 is 4.74 Å². The van der Waals surface area contributed by atoms with E-state index in [4.69, 9.17) is 4.74 Å². The molecule has 1 aromatic carbocycles. The van der Waals surface area contributed by atoms with E-state index in [0.29, 0.717) is 12.2 Å². The Balaban J connectivity index is 2.01. The van der Waals surface area contributed by atoms with Crippen molar-refractivity contribution >= 4 is 39.5 Å². The Bertz CT molecular complexity index is 709. The van der Waals surface area contributed by atoms with Crippen LogP contribution in [0.4, 0.5) is 0 Å². The number of fused-ring (bicyclic) bond motifs is 1. The van der Waals surface area contributed by atoms with Crippen molar-refractivity contribution in [2.75, 3.05) is 20.6 Å². The maximum atomic E-state index is 12.3. The molecule has 0 aliphatic heterocycles. The highest BCUT2D eigenvalue weighted by Crippen LogP contribution is 2.32. The van der Waals surface area contributed by atoms with E-state index in [-0.39, 0.29) is 5.97 Å². The Kier molecular flexibility index (Phi) is 8.91. The molecule has 4 nitrogen and oxygen atoms in total. The van der Waals surface area contributed by atoms with Gasteiger partial charge >= 0.3 is 5.97 Å². The van der Waals surface area contributed by atoms with Gasteiger partial charge in [0, 0.05) is 18.4 Å². The molecule has 1 aromatic heterocycles. The number of carbonyl (C=O) groups is 1. The Morgan fingerprint density at radius 1 is 1.15 bits per heavy atom. The van der Waals surface area contributed by atoms with Crippen molar-refractivity contribution in [1.82, 2.24) is 9.88 Å². The highest BCUT2D eigenvalue weighted by molar-refractivity contribution is 14.1. The van der Waals surface area contributed by atoms with Crippen molar-refractivity contribution in [2.24, 2.45) is 0 Å². The number of nitrogens with one attached hydrogen (secondary N) is 1. The van der Waals surface area contributed by atoms with E-state index >= 15 is 0 Å². The molecule has 0 aliphatic carbocycles. The van der Waals surface area contributed by atoms with Crippen LogP contribution in [0.3, 0.4) is 0 Å². The lowest BCUT2D eigenvalue weighted by molar-refractivity contribution is -0.134. The molecule has 2 aromatic rings. The zero-order valence-corrected chi connectivity index (χ0v) is 18.4. The number of halogens is 1. The molecule has 0 atom stereocenters. The topological polar surface area (TPSA) is 45.3 Å². The fraction of sp³-hybridized carbons (Fsp3) is 0.571. The molecule has 1 heterocycles. The highest BCUT2D eigenvalue weighted by Gasteiger charge is 2.16. The Morgan fingerprint density at radius 3 is 2.62 bits per heavy atom. The molecule has 144 valence electrons. The van der Waals surface area contributed by atoms with Crippen LogP contribution in [0.1, 0.15) is 57.4 Å². The summed E-state index contributed by atoms with van der Waals surface area (Å²) >= 11 is 2.33. The third-order valence-electron chi connectivity index (χ3n) is 4.60. The van der Waals surface area contributed by atoms with Crippen LogP contribution in [0, 0.1) is 3.70 Å². The molecule has 26 heavy (non-hydrogen) atoms. The minimum absolute atomic E-state index is 0.122. The first-order valence-electron chi connectivity index (χ1n) is 9.67. The number of aromatic nitrogens is 1. The van der Waals surface area contributed by atoms with Gasteiger partial charge in [0.2, 0.25) is 0 Å². The number of esters is 1. The quantitative estimate of drug-likeness (QED) is 0.203. The van der Waals surface area contributed by atoms with E-state index in [1.54, 1.807) is 0 Å². The van der Waals surface area contributed by atoms with Gasteiger partial charge in [-0.2, -0.15) is 0 Å². The first-order chi connectivity index (χ1) is 12.5. The fourth-order valence-electron chi connectivity index (χ4n) is 3.13. The van der Waals surface area contributed by atoms with Gasteiger partial charge in [0.1, 0.15) is 5.75 Å². The zero-order valence-electron chi connectivity index (χ0n) is 16.2. The maximum Gasteiger partial charge on any atom is 0.311 e. The van der Waals surface area contributed by atoms with Crippen molar-refractivity contribution in [1.29, 1.82) is 0 Å². The molecular formula is C21H31IN2O2. The second-order valence-corrected chi connectivity index (χ2v) is 8.22. The average molecular weight is 470 g/mol. The zero-order chi connectivity index (χ0) is 18.9. The molecule has 0 saturated carbocycles. The third kappa shape index (κ3) is 6.27. The van der Waals surface area contributed by atoms with Gasteiger partial charge in [0.05, 0.1) is 9.22 Å². The van der Waals surface area contributed by atoms with E-state index in [9.17, 15) is 4.79 Å². The number of rotatable bonds is 11. The Labute approximate surface area is 170 Å². The van der Waals surface area contributed by atoms with Gasteiger partial charge in [-0.15, -0.1) is 0 Å². The molecule has 2 rings (SSSR count). The molecule has 0 amide bonds. The van der Waals surface area contributed by atoms with E-state index < -0.39 is 0 Å². The predicted octanol–water partition coefficient (Wildman–Crippen LogP) is 5.53. The first-order valence-corrected chi connectivity index (χ1v) is 10.7. The number of benzene rings is 1. The average Bonchev–Trinajstić information content (AvgIpc) is 2.92. The van der Waals surface area contributed by atoms with Crippen molar-refractivity contribution in [3.8, 4) is 5.75 Å². The number of hydrogen-bond donors (Lipinski definition) is 1. The number of likely N-dealkylation sites (N-methyl/N-ethyl adjacent to an activating group) is 1. The second-order valence-electron chi connectivity index (χ2n) is 7.14. The largest absolute Gasteiger partial charge is 0.426 e. The summed E-state index contributed by atoms with van der Waals surface area (Å²) in [6.07, 6.45) is 8.45. The number of nitrogens with zero attached hydrogens (tertiary/aromatic N) is 1. The van der Waals surface area contributed by atoms with Gasteiger partial charge in [-0.3, -0.25) is 4.79 Å². The van der Waals surface area contributed by atoms with Gasteiger partial charge in [-0.25, -0.2) is 0 Å². The lowest BCUT2D eigenvalue weighted by Gasteiger charge is -2.11. The molecule has 5 heteroatoms. The molecular weight excluding hydrogens is 439 g/mol. The van der Waals surface area contributed by atoms with Gasteiger partial charge < -0.3 is 14.6 Å². The molecule has 0 saturated heterocycles. The van der Waals surface area contributed by atoms with E-state index in [0.717, 1.165) is 40.4 Å². The summed E-state index contributed by atoms with van der Waals surface area (Å²) in [4.78, 5) is 17.9. The minimum Gasteiger partial charge on any atom is -0.426 e. The summed E-state index contributed by atoms with van der Waals surface area (Å²) in [6.45, 7) is 3.18. The van der Waals surface area contributed by atoms with Gasteiger partial charge in [-0.1, -0.05) is 45.1 Å². The monoisotopic (exact) mass is 470 g/mol. The molecule has 0 bridgehead atoms. The predicted molar refractivity (Wildman–Crippen MR) is 117 cm³/mol. The number of aromatic amines is 1. The highest BCUT2D eigenvalue weighted by atomic mass is 127. The lowest BCUT2D eigenvalue weighted by atomic mass is 10.1. The Morgan fingerprint density at radius 2 is 1.88 bits per heavy atom. The van der Waals surface area contributed by atoms with Crippen LogP contribution in [0.15, 0.2) is 18.2 Å². The van der Waals surface area contributed by atoms with Crippen LogP contribution in [-0.4, -0.2) is 36.5 Å². The number of unbranched alkanes of at least 4 members (excludes halogenated alkanes) is 5. The van der Waals surface area contributed by atoms with Crippen molar-refractivity contribution in [3.05, 3.63) is 27.5 Å². The summed E-state index contributed by atoms with van der Waals surface area (Å²) in [5.74, 6) is 0.564. The standard InChI is InChI=1S/C21H31IN2O2/c1-4-5-6-7-8-9-13-19(25)26-18-12-10-11-17-20(18)16(21(22)23-17)14-15-24(2)3/h10-12,23H,4-9,13-15H2,1-3H3. The van der Waals surface area contributed by atoms with Crippen molar-refractivity contribution < 1.29 is 9.53 Å². The second kappa shape index (κ2) is 10.9. The van der Waals surface area contributed by atoms with Crippen LogP contribution in [0.5, 0.6) is 5.75 Å². The van der Waals surface area contributed by atoms with Crippen molar-refractivity contribution in [3.63, 3.8) is 0 Å². The lowest BCUT2D eigenvalue weighted by Crippen LogP contribution is -2.15. The van der Waals surface area contributed by atoms with Gasteiger partial charge in [0.15, 0.2) is 0 Å². The number of ether oxygens (including phenoxy) is 1. The maximum absolute atomic E-state index is 12.3. The van der Waals surface area contributed by atoms with Crippen LogP contribution in [0.2, 0.25) is 0 Å². The third-order valence-corrected chi connectivity index (χ3v) is 5.53. The van der Waals surface area contributed by atoms with Crippen LogP contribution in [-0.2, 0) is 11.2 Å². The molecule has 0 radical (unpaired) electrons. The van der Waals surface area contributed by atoms with Gasteiger partial charge in [0.25, 0.3) is 0 Å².